The minimum absolute atomic E-state index is 0.395. The lowest BCUT2D eigenvalue weighted by atomic mass is 10.2. The topological polar surface area (TPSA) is 54.0 Å². The zero-order valence-corrected chi connectivity index (χ0v) is 10.8. The van der Waals surface area contributed by atoms with Crippen molar-refractivity contribution in [3.63, 3.8) is 0 Å². The molecule has 1 aromatic carbocycles. The Hall–Kier alpha value is -1.46. The van der Waals surface area contributed by atoms with Gasteiger partial charge >= 0.3 is 0 Å². The Morgan fingerprint density at radius 1 is 1.28 bits per heavy atom. The normalized spacial score (nSPS) is 15.6. The second kappa shape index (κ2) is 5.93. The fraction of sp³-hybridized carbons (Fsp3) is 0.538. The predicted molar refractivity (Wildman–Crippen MR) is 70.5 cm³/mol. The molecule has 2 rings (SSSR count). The highest BCUT2D eigenvalue weighted by Crippen LogP contribution is 2.32. The summed E-state index contributed by atoms with van der Waals surface area (Å²) >= 11 is 0. The molecule has 18 heavy (non-hydrogen) atoms. The molecule has 0 amide bonds. The van der Waals surface area contributed by atoms with Crippen LogP contribution < -0.4 is 14.8 Å². The Kier molecular flexibility index (Phi) is 4.28. The summed E-state index contributed by atoms with van der Waals surface area (Å²) < 4.78 is 10.9. The number of anilines is 1. The summed E-state index contributed by atoms with van der Waals surface area (Å²) in [6.45, 7) is 2.33. The number of nitrogens with zero attached hydrogens (tertiary/aromatic N) is 1. The molecule has 0 saturated carbocycles. The molecule has 100 valence electrons. The summed E-state index contributed by atoms with van der Waals surface area (Å²) in [7, 11) is 3.88. The Morgan fingerprint density at radius 2 is 2.00 bits per heavy atom. The van der Waals surface area contributed by atoms with Crippen molar-refractivity contribution < 1.29 is 14.6 Å². The lowest BCUT2D eigenvalue weighted by Gasteiger charge is -2.20. The molecule has 2 N–H and O–H groups in total. The van der Waals surface area contributed by atoms with Crippen molar-refractivity contribution in [2.24, 2.45) is 0 Å². The fourth-order valence-corrected chi connectivity index (χ4v) is 1.88. The first-order valence-electron chi connectivity index (χ1n) is 6.11. The Bertz CT molecular complexity index is 396. The quantitative estimate of drug-likeness (QED) is 0.811. The number of rotatable bonds is 5. The fourth-order valence-electron chi connectivity index (χ4n) is 1.88. The average Bonchev–Trinajstić information content (AvgIpc) is 2.35. The standard InChI is InChI=1S/C13H20N2O3/c1-15(2)9-11(16)8-14-10-3-4-12-13(7-10)18-6-5-17-12/h3-4,7,11,14,16H,5-6,8-9H2,1-2H3. The monoisotopic (exact) mass is 252 g/mol. The molecule has 0 radical (unpaired) electrons. The number of benzene rings is 1. The summed E-state index contributed by atoms with van der Waals surface area (Å²) in [5, 5.41) is 12.9. The average molecular weight is 252 g/mol. The van der Waals surface area contributed by atoms with Gasteiger partial charge in [0, 0.05) is 24.8 Å². The SMILES string of the molecule is CN(C)CC(O)CNc1ccc2c(c1)OCCO2. The summed E-state index contributed by atoms with van der Waals surface area (Å²) in [5.74, 6) is 1.54. The largest absolute Gasteiger partial charge is 0.486 e. The summed E-state index contributed by atoms with van der Waals surface area (Å²) in [4.78, 5) is 1.95. The van der Waals surface area contributed by atoms with Crippen LogP contribution in [0.2, 0.25) is 0 Å². The van der Waals surface area contributed by atoms with Gasteiger partial charge in [-0.15, -0.1) is 0 Å². The van der Waals surface area contributed by atoms with Gasteiger partial charge in [0.15, 0.2) is 11.5 Å². The molecule has 5 heteroatoms. The molecule has 0 bridgehead atoms. The van der Waals surface area contributed by atoms with Crippen LogP contribution in [-0.4, -0.2) is 56.5 Å². The first kappa shape index (κ1) is 13.0. The number of hydrogen-bond donors (Lipinski definition) is 2. The van der Waals surface area contributed by atoms with E-state index in [1.165, 1.54) is 0 Å². The third-order valence-electron chi connectivity index (χ3n) is 2.66. The van der Waals surface area contributed by atoms with Gasteiger partial charge in [0.2, 0.25) is 0 Å². The maximum Gasteiger partial charge on any atom is 0.163 e. The van der Waals surface area contributed by atoms with Crippen molar-refractivity contribution in [2.45, 2.75) is 6.10 Å². The van der Waals surface area contributed by atoms with E-state index in [2.05, 4.69) is 5.32 Å². The van der Waals surface area contributed by atoms with Gasteiger partial charge in [-0.05, 0) is 26.2 Å². The van der Waals surface area contributed by atoms with E-state index in [9.17, 15) is 5.11 Å². The van der Waals surface area contributed by atoms with Crippen molar-refractivity contribution in [3.8, 4) is 11.5 Å². The molecule has 0 aliphatic carbocycles. The highest BCUT2D eigenvalue weighted by Gasteiger charge is 2.12. The minimum Gasteiger partial charge on any atom is -0.486 e. The number of fused-ring (bicyclic) bond motifs is 1. The van der Waals surface area contributed by atoms with Crippen LogP contribution in [0, 0.1) is 0 Å². The molecule has 1 heterocycles. The van der Waals surface area contributed by atoms with Crippen molar-refractivity contribution in [2.75, 3.05) is 45.7 Å². The van der Waals surface area contributed by atoms with Crippen molar-refractivity contribution in [3.05, 3.63) is 18.2 Å². The molecule has 0 spiro atoms. The van der Waals surface area contributed by atoms with Gasteiger partial charge in [-0.2, -0.15) is 0 Å². The summed E-state index contributed by atoms with van der Waals surface area (Å²) in [5.41, 5.74) is 0.928. The molecule has 5 nitrogen and oxygen atoms in total. The minimum atomic E-state index is -0.395. The van der Waals surface area contributed by atoms with Crippen LogP contribution in [0.1, 0.15) is 0 Å². The molecular formula is C13H20N2O3. The molecule has 0 fully saturated rings. The highest BCUT2D eigenvalue weighted by atomic mass is 16.6. The summed E-state index contributed by atoms with van der Waals surface area (Å²) in [6.07, 6.45) is -0.395. The molecule has 0 saturated heterocycles. The van der Waals surface area contributed by atoms with E-state index in [0.717, 1.165) is 17.2 Å². The van der Waals surface area contributed by atoms with Gasteiger partial charge in [0.25, 0.3) is 0 Å². The highest BCUT2D eigenvalue weighted by molar-refractivity contribution is 5.55. The Labute approximate surface area is 107 Å². The van der Waals surface area contributed by atoms with Gasteiger partial charge in [-0.3, -0.25) is 0 Å². The third-order valence-corrected chi connectivity index (χ3v) is 2.66. The third kappa shape index (κ3) is 3.51. The number of aliphatic hydroxyl groups is 1. The smallest absolute Gasteiger partial charge is 0.163 e. The Balaban J connectivity index is 1.90. The van der Waals surface area contributed by atoms with Crippen LogP contribution in [0.5, 0.6) is 11.5 Å². The van der Waals surface area contributed by atoms with Crippen LogP contribution >= 0.6 is 0 Å². The van der Waals surface area contributed by atoms with E-state index in [-0.39, 0.29) is 0 Å². The van der Waals surface area contributed by atoms with E-state index < -0.39 is 6.10 Å². The van der Waals surface area contributed by atoms with E-state index in [1.807, 2.05) is 37.2 Å². The van der Waals surface area contributed by atoms with Crippen LogP contribution in [0.4, 0.5) is 5.69 Å². The number of nitrogens with one attached hydrogen (secondary N) is 1. The molecule has 1 atom stereocenters. The molecular weight excluding hydrogens is 232 g/mol. The molecule has 0 aromatic heterocycles. The summed E-state index contributed by atoms with van der Waals surface area (Å²) in [6, 6.07) is 5.71. The van der Waals surface area contributed by atoms with Gasteiger partial charge in [-0.25, -0.2) is 0 Å². The van der Waals surface area contributed by atoms with Crippen LogP contribution in [-0.2, 0) is 0 Å². The lowest BCUT2D eigenvalue weighted by molar-refractivity contribution is 0.148. The lowest BCUT2D eigenvalue weighted by Crippen LogP contribution is -2.31. The predicted octanol–water partition coefficient (Wildman–Crippen LogP) is 0.792. The maximum absolute atomic E-state index is 9.76. The molecule has 1 aromatic rings. The second-order valence-corrected chi connectivity index (χ2v) is 4.66. The van der Waals surface area contributed by atoms with Crippen LogP contribution in [0.15, 0.2) is 18.2 Å². The van der Waals surface area contributed by atoms with Crippen molar-refractivity contribution >= 4 is 5.69 Å². The zero-order valence-electron chi connectivity index (χ0n) is 10.8. The van der Waals surface area contributed by atoms with Crippen LogP contribution in [0.3, 0.4) is 0 Å². The van der Waals surface area contributed by atoms with Crippen molar-refractivity contribution in [1.29, 1.82) is 0 Å². The van der Waals surface area contributed by atoms with Crippen molar-refractivity contribution in [1.82, 2.24) is 4.90 Å². The van der Waals surface area contributed by atoms with E-state index in [4.69, 9.17) is 9.47 Å². The second-order valence-electron chi connectivity index (χ2n) is 4.66. The Morgan fingerprint density at radius 3 is 2.72 bits per heavy atom. The van der Waals surface area contributed by atoms with Gasteiger partial charge in [0.05, 0.1) is 6.10 Å². The number of ether oxygens (including phenoxy) is 2. The number of likely N-dealkylation sites (N-methyl/N-ethyl adjacent to an activating group) is 1. The number of aliphatic hydroxyl groups excluding tert-OH is 1. The van der Waals surface area contributed by atoms with E-state index in [1.54, 1.807) is 0 Å². The molecule has 1 aliphatic rings. The van der Waals surface area contributed by atoms with E-state index in [0.29, 0.717) is 26.3 Å². The maximum atomic E-state index is 9.76. The first-order chi connectivity index (χ1) is 8.65. The van der Waals surface area contributed by atoms with Gasteiger partial charge in [-0.1, -0.05) is 0 Å². The van der Waals surface area contributed by atoms with Crippen LogP contribution in [0.25, 0.3) is 0 Å². The zero-order chi connectivity index (χ0) is 13.0. The van der Waals surface area contributed by atoms with E-state index >= 15 is 0 Å². The van der Waals surface area contributed by atoms with Gasteiger partial charge in [0.1, 0.15) is 13.2 Å². The van der Waals surface area contributed by atoms with Gasteiger partial charge < -0.3 is 24.8 Å². The molecule has 1 aliphatic heterocycles. The first-order valence-corrected chi connectivity index (χ1v) is 6.11. The molecule has 1 unspecified atom stereocenters. The number of hydrogen-bond acceptors (Lipinski definition) is 5.